The van der Waals surface area contributed by atoms with Crippen LogP contribution >= 0.6 is 0 Å². The number of nitrogens with zero attached hydrogens (tertiary/aromatic N) is 4. The predicted molar refractivity (Wildman–Crippen MR) is 164 cm³/mol. The topological polar surface area (TPSA) is 116 Å². The van der Waals surface area contributed by atoms with Gasteiger partial charge in [0.1, 0.15) is 18.0 Å². The molecule has 0 bridgehead atoms. The maximum atomic E-state index is 15.1. The van der Waals surface area contributed by atoms with E-state index in [2.05, 4.69) is 15.3 Å². The van der Waals surface area contributed by atoms with E-state index in [1.807, 2.05) is 30.3 Å². The van der Waals surface area contributed by atoms with Gasteiger partial charge >= 0.3 is 18.4 Å². The lowest BCUT2D eigenvalue weighted by Gasteiger charge is -2.31. The van der Waals surface area contributed by atoms with E-state index in [9.17, 15) is 27.6 Å². The number of benzene rings is 2. The third-order valence-corrected chi connectivity index (χ3v) is 7.64. The van der Waals surface area contributed by atoms with Gasteiger partial charge < -0.3 is 24.3 Å². The van der Waals surface area contributed by atoms with Crippen LogP contribution in [0.1, 0.15) is 44.7 Å². The van der Waals surface area contributed by atoms with E-state index in [1.54, 1.807) is 26.8 Å². The van der Waals surface area contributed by atoms with E-state index in [0.29, 0.717) is 30.7 Å². The van der Waals surface area contributed by atoms with Crippen molar-refractivity contribution in [2.75, 3.05) is 6.54 Å². The number of alkyl carbamates (subject to hydrolysis) is 1. The molecular weight excluding hydrogens is 622 g/mol. The van der Waals surface area contributed by atoms with Gasteiger partial charge in [-0.05, 0) is 62.8 Å². The molecule has 5 rings (SSSR count). The number of aromatic nitrogens is 3. The zero-order chi connectivity index (χ0) is 33.9. The highest BCUT2D eigenvalue weighted by Crippen LogP contribution is 2.30. The van der Waals surface area contributed by atoms with Gasteiger partial charge in [-0.3, -0.25) is 4.79 Å². The SMILES string of the molecule is CC(C)(C)OC(=O)N1CC[C@H](NC(=O)OCc2ccccc2)[C@H]1CCn1ccc2cc(-c3ncc(C(F)(F)F)cn3)c(F)cc2c1=O. The van der Waals surface area contributed by atoms with Crippen LogP contribution in [0.4, 0.5) is 27.2 Å². The van der Waals surface area contributed by atoms with Gasteiger partial charge in [-0.1, -0.05) is 30.3 Å². The Morgan fingerprint density at radius 1 is 1.04 bits per heavy atom. The van der Waals surface area contributed by atoms with Crippen molar-refractivity contribution < 1.29 is 36.6 Å². The van der Waals surface area contributed by atoms with Crippen molar-refractivity contribution in [1.82, 2.24) is 24.8 Å². The molecule has 1 aliphatic rings. The van der Waals surface area contributed by atoms with E-state index in [-0.39, 0.29) is 36.3 Å². The lowest BCUT2D eigenvalue weighted by Crippen LogP contribution is -2.48. The van der Waals surface area contributed by atoms with Crippen LogP contribution in [-0.2, 0) is 28.8 Å². The number of hydrogen-bond acceptors (Lipinski definition) is 7. The van der Waals surface area contributed by atoms with Gasteiger partial charge in [0.2, 0.25) is 0 Å². The van der Waals surface area contributed by atoms with Gasteiger partial charge in [0.15, 0.2) is 5.82 Å². The van der Waals surface area contributed by atoms with Crippen molar-refractivity contribution in [2.45, 2.75) is 70.6 Å². The van der Waals surface area contributed by atoms with Crippen molar-refractivity contribution in [3.05, 3.63) is 94.4 Å². The predicted octanol–water partition coefficient (Wildman–Crippen LogP) is 6.31. The number of likely N-dealkylation sites (tertiary alicyclic amines) is 1. The summed E-state index contributed by atoms with van der Waals surface area (Å²) in [4.78, 5) is 48.1. The third-order valence-electron chi connectivity index (χ3n) is 7.64. The molecule has 2 atom stereocenters. The number of pyridine rings is 1. The van der Waals surface area contributed by atoms with Crippen molar-refractivity contribution in [3.8, 4) is 11.4 Å². The summed E-state index contributed by atoms with van der Waals surface area (Å²) in [6.07, 6.45) is -2.54. The molecule has 1 saturated heterocycles. The van der Waals surface area contributed by atoms with Crippen LogP contribution in [0.2, 0.25) is 0 Å². The van der Waals surface area contributed by atoms with Crippen molar-refractivity contribution >= 4 is 23.0 Å². The first-order chi connectivity index (χ1) is 22.2. The molecule has 47 heavy (non-hydrogen) atoms. The number of alkyl halides is 3. The number of aryl methyl sites for hydroxylation is 1. The minimum atomic E-state index is -4.64. The molecule has 14 heteroatoms. The highest BCUT2D eigenvalue weighted by molar-refractivity contribution is 5.86. The lowest BCUT2D eigenvalue weighted by molar-refractivity contribution is -0.138. The minimum absolute atomic E-state index is 0.0373. The Labute approximate surface area is 267 Å². The Bertz CT molecular complexity index is 1810. The molecule has 0 saturated carbocycles. The molecule has 248 valence electrons. The Morgan fingerprint density at radius 2 is 1.74 bits per heavy atom. The van der Waals surface area contributed by atoms with E-state index >= 15 is 4.39 Å². The Kier molecular flexibility index (Phi) is 9.50. The molecule has 3 heterocycles. The fourth-order valence-corrected chi connectivity index (χ4v) is 5.38. The van der Waals surface area contributed by atoms with Crippen molar-refractivity contribution in [3.63, 3.8) is 0 Å². The fraction of sp³-hybridized carbons (Fsp3) is 0.364. The molecule has 0 aliphatic carbocycles. The van der Waals surface area contributed by atoms with Gasteiger partial charge in [-0.25, -0.2) is 23.9 Å². The van der Waals surface area contributed by atoms with Crippen LogP contribution in [0, 0.1) is 5.82 Å². The summed E-state index contributed by atoms with van der Waals surface area (Å²) in [6, 6.07) is 12.0. The molecular formula is C33H33F4N5O5. The zero-order valence-corrected chi connectivity index (χ0v) is 25.9. The van der Waals surface area contributed by atoms with Crippen LogP contribution in [0.15, 0.2) is 71.9 Å². The summed E-state index contributed by atoms with van der Waals surface area (Å²) in [7, 11) is 0. The van der Waals surface area contributed by atoms with Crippen molar-refractivity contribution in [2.24, 2.45) is 0 Å². The number of amides is 2. The summed E-state index contributed by atoms with van der Waals surface area (Å²) in [5.74, 6) is -1.14. The van der Waals surface area contributed by atoms with Gasteiger partial charge in [-0.15, -0.1) is 0 Å². The van der Waals surface area contributed by atoms with Crippen LogP contribution in [0.5, 0.6) is 0 Å². The van der Waals surface area contributed by atoms with E-state index < -0.39 is 53.0 Å². The van der Waals surface area contributed by atoms with E-state index in [0.717, 1.165) is 11.6 Å². The number of rotatable bonds is 7. The number of ether oxygens (including phenoxy) is 2. The second-order valence-electron chi connectivity index (χ2n) is 12.2. The third kappa shape index (κ3) is 8.05. The minimum Gasteiger partial charge on any atom is -0.445 e. The molecule has 0 unspecified atom stereocenters. The summed E-state index contributed by atoms with van der Waals surface area (Å²) >= 11 is 0. The monoisotopic (exact) mass is 655 g/mol. The Balaban J connectivity index is 1.34. The Hall–Kier alpha value is -5.01. The summed E-state index contributed by atoms with van der Waals surface area (Å²) in [5.41, 5.74) is -1.69. The molecule has 2 amide bonds. The summed E-state index contributed by atoms with van der Waals surface area (Å²) < 4.78 is 66.2. The first-order valence-electron chi connectivity index (χ1n) is 14.9. The van der Waals surface area contributed by atoms with Crippen LogP contribution in [-0.4, -0.2) is 55.9 Å². The molecule has 1 N–H and O–H groups in total. The normalized spacial score (nSPS) is 16.7. The molecule has 2 aromatic carbocycles. The zero-order valence-electron chi connectivity index (χ0n) is 25.9. The molecule has 0 radical (unpaired) electrons. The Morgan fingerprint density at radius 3 is 2.40 bits per heavy atom. The quantitative estimate of drug-likeness (QED) is 0.232. The van der Waals surface area contributed by atoms with E-state index in [1.165, 1.54) is 21.7 Å². The average molecular weight is 656 g/mol. The molecule has 4 aromatic rings. The highest BCUT2D eigenvalue weighted by atomic mass is 19.4. The number of hydrogen-bond donors (Lipinski definition) is 1. The molecule has 2 aromatic heterocycles. The second kappa shape index (κ2) is 13.4. The number of carbonyl (C=O) groups is 2. The molecule has 0 spiro atoms. The number of fused-ring (bicyclic) bond motifs is 1. The van der Waals surface area contributed by atoms with Gasteiger partial charge in [0.05, 0.1) is 28.6 Å². The first-order valence-corrected chi connectivity index (χ1v) is 14.9. The number of carbonyl (C=O) groups excluding carboxylic acids is 2. The molecule has 10 nitrogen and oxygen atoms in total. The first kappa shape index (κ1) is 33.4. The smallest absolute Gasteiger partial charge is 0.419 e. The fourth-order valence-electron chi connectivity index (χ4n) is 5.38. The van der Waals surface area contributed by atoms with Crippen LogP contribution in [0.3, 0.4) is 0 Å². The highest BCUT2D eigenvalue weighted by Gasteiger charge is 2.40. The largest absolute Gasteiger partial charge is 0.445 e. The summed E-state index contributed by atoms with van der Waals surface area (Å²) in [5, 5.41) is 3.22. The molecule has 1 fully saturated rings. The summed E-state index contributed by atoms with van der Waals surface area (Å²) in [6.45, 7) is 5.72. The number of halogens is 4. The standard InChI is InChI=1S/C33H33F4N5O5/c1-32(2,3)47-31(45)42-14-10-26(40-30(44)46-19-20-7-5-4-6-8-20)27(42)11-13-41-12-9-21-15-24(25(34)16-23(21)29(41)43)28-38-17-22(18-39-28)33(35,36)37/h4-9,12,15-18,26-27H,10-11,13-14,19H2,1-3H3,(H,40,44)/t26-,27+/m0/s1. The van der Waals surface area contributed by atoms with Crippen molar-refractivity contribution in [1.29, 1.82) is 0 Å². The van der Waals surface area contributed by atoms with Gasteiger partial charge in [0.25, 0.3) is 5.56 Å². The number of nitrogens with one attached hydrogen (secondary N) is 1. The van der Waals surface area contributed by atoms with Gasteiger partial charge in [0, 0.05) is 31.7 Å². The maximum absolute atomic E-state index is 15.1. The molecule has 1 aliphatic heterocycles. The van der Waals surface area contributed by atoms with E-state index in [4.69, 9.17) is 9.47 Å². The van der Waals surface area contributed by atoms with Crippen LogP contribution in [0.25, 0.3) is 22.2 Å². The second-order valence-corrected chi connectivity index (χ2v) is 12.2. The lowest BCUT2D eigenvalue weighted by atomic mass is 10.1. The van der Waals surface area contributed by atoms with Crippen LogP contribution < -0.4 is 10.9 Å². The van der Waals surface area contributed by atoms with Gasteiger partial charge in [-0.2, -0.15) is 13.2 Å². The average Bonchev–Trinajstić information content (AvgIpc) is 3.41. The maximum Gasteiger partial charge on any atom is 0.419 e.